The molecule has 0 bridgehead atoms. The van der Waals surface area contributed by atoms with Crippen LogP contribution in [0, 0.1) is 12.8 Å². The highest BCUT2D eigenvalue weighted by atomic mass is 16.5. The zero-order valence-corrected chi connectivity index (χ0v) is 16.5. The van der Waals surface area contributed by atoms with Crippen molar-refractivity contribution in [1.29, 1.82) is 0 Å². The van der Waals surface area contributed by atoms with Crippen molar-refractivity contribution in [1.82, 2.24) is 0 Å². The van der Waals surface area contributed by atoms with E-state index in [4.69, 9.17) is 9.47 Å². The van der Waals surface area contributed by atoms with E-state index in [1.54, 1.807) is 7.11 Å². The molecular formula is C23H29NO3. The van der Waals surface area contributed by atoms with Gasteiger partial charge in [-0.15, -0.1) is 0 Å². The lowest BCUT2D eigenvalue weighted by Gasteiger charge is -2.37. The number of ether oxygens (including phenoxy) is 2. The van der Waals surface area contributed by atoms with Gasteiger partial charge in [0.2, 0.25) is 0 Å². The van der Waals surface area contributed by atoms with Crippen molar-refractivity contribution in [2.45, 2.75) is 51.7 Å². The molecule has 0 aliphatic heterocycles. The van der Waals surface area contributed by atoms with Gasteiger partial charge in [0.25, 0.3) is 5.91 Å². The SMILES string of the molecule is CO[C@]1(C(=O)Nc2ccc(OCc3ccccc3)c(C)c2)CCC[C@H](C)C1. The molecular weight excluding hydrogens is 338 g/mol. The molecule has 1 aliphatic rings. The van der Waals surface area contributed by atoms with E-state index >= 15 is 0 Å². The smallest absolute Gasteiger partial charge is 0.256 e. The summed E-state index contributed by atoms with van der Waals surface area (Å²) < 4.78 is 11.6. The molecule has 1 amide bonds. The Bertz CT molecular complexity index is 774. The first-order valence-electron chi connectivity index (χ1n) is 9.66. The Morgan fingerprint density at radius 2 is 2.00 bits per heavy atom. The summed E-state index contributed by atoms with van der Waals surface area (Å²) in [6.07, 6.45) is 3.72. The number of aryl methyl sites for hydroxylation is 1. The van der Waals surface area contributed by atoms with Crippen LogP contribution in [0.5, 0.6) is 5.75 Å². The van der Waals surface area contributed by atoms with E-state index < -0.39 is 5.60 Å². The van der Waals surface area contributed by atoms with Crippen LogP contribution < -0.4 is 10.1 Å². The lowest BCUT2D eigenvalue weighted by molar-refractivity contribution is -0.143. The molecule has 27 heavy (non-hydrogen) atoms. The first kappa shape index (κ1) is 19.4. The number of carbonyl (C=O) groups is 1. The molecule has 2 atom stereocenters. The molecule has 0 aromatic heterocycles. The molecule has 0 spiro atoms. The Labute approximate surface area is 161 Å². The number of methoxy groups -OCH3 is 1. The Morgan fingerprint density at radius 1 is 1.22 bits per heavy atom. The number of anilines is 1. The zero-order valence-electron chi connectivity index (χ0n) is 16.5. The minimum atomic E-state index is -0.714. The van der Waals surface area contributed by atoms with Gasteiger partial charge in [-0.2, -0.15) is 0 Å². The van der Waals surface area contributed by atoms with Crippen molar-refractivity contribution < 1.29 is 14.3 Å². The maximum atomic E-state index is 12.9. The highest BCUT2D eigenvalue weighted by Crippen LogP contribution is 2.36. The highest BCUT2D eigenvalue weighted by Gasteiger charge is 2.42. The van der Waals surface area contributed by atoms with Gasteiger partial charge in [-0.05, 0) is 61.4 Å². The van der Waals surface area contributed by atoms with E-state index in [9.17, 15) is 4.79 Å². The number of hydrogen-bond donors (Lipinski definition) is 1. The summed E-state index contributed by atoms with van der Waals surface area (Å²) in [5.41, 5.74) is 2.18. The van der Waals surface area contributed by atoms with Crippen LogP contribution in [0.1, 0.15) is 43.7 Å². The second-order valence-corrected chi connectivity index (χ2v) is 7.61. The van der Waals surface area contributed by atoms with Crippen molar-refractivity contribution in [3.63, 3.8) is 0 Å². The predicted octanol–water partition coefficient (Wildman–Crippen LogP) is 5.11. The minimum Gasteiger partial charge on any atom is -0.489 e. The largest absolute Gasteiger partial charge is 0.489 e. The normalized spacial score (nSPS) is 22.3. The molecule has 2 aromatic rings. The second kappa shape index (κ2) is 8.57. The zero-order chi connectivity index (χ0) is 19.3. The molecule has 4 nitrogen and oxygen atoms in total. The van der Waals surface area contributed by atoms with Gasteiger partial charge < -0.3 is 14.8 Å². The summed E-state index contributed by atoms with van der Waals surface area (Å²) in [5.74, 6) is 1.28. The molecule has 1 saturated carbocycles. The van der Waals surface area contributed by atoms with Gasteiger partial charge in [-0.25, -0.2) is 0 Å². The van der Waals surface area contributed by atoms with Crippen molar-refractivity contribution in [3.8, 4) is 5.75 Å². The summed E-state index contributed by atoms with van der Waals surface area (Å²) in [5, 5.41) is 3.05. The van der Waals surface area contributed by atoms with Crippen LogP contribution in [-0.4, -0.2) is 18.6 Å². The Balaban J connectivity index is 1.65. The molecule has 0 unspecified atom stereocenters. The number of rotatable bonds is 6. The Morgan fingerprint density at radius 3 is 2.67 bits per heavy atom. The third kappa shape index (κ3) is 4.69. The number of benzene rings is 2. The molecule has 0 saturated heterocycles. The van der Waals surface area contributed by atoms with Crippen LogP contribution in [0.25, 0.3) is 0 Å². The number of nitrogens with one attached hydrogen (secondary N) is 1. The summed E-state index contributed by atoms with van der Waals surface area (Å²) in [6.45, 7) is 4.70. The number of hydrogen-bond acceptors (Lipinski definition) is 3. The fourth-order valence-electron chi connectivity index (χ4n) is 3.86. The molecule has 3 rings (SSSR count). The summed E-state index contributed by atoms with van der Waals surface area (Å²) >= 11 is 0. The summed E-state index contributed by atoms with van der Waals surface area (Å²) in [4.78, 5) is 12.9. The fourth-order valence-corrected chi connectivity index (χ4v) is 3.86. The third-order valence-corrected chi connectivity index (χ3v) is 5.43. The Hall–Kier alpha value is -2.33. The molecule has 2 aromatic carbocycles. The lowest BCUT2D eigenvalue weighted by Crippen LogP contribution is -2.47. The monoisotopic (exact) mass is 367 g/mol. The second-order valence-electron chi connectivity index (χ2n) is 7.61. The van der Waals surface area contributed by atoms with E-state index in [1.807, 2.05) is 55.5 Å². The molecule has 1 aliphatic carbocycles. The van der Waals surface area contributed by atoms with E-state index in [-0.39, 0.29) is 5.91 Å². The molecule has 1 N–H and O–H groups in total. The van der Waals surface area contributed by atoms with Crippen LogP contribution in [0.4, 0.5) is 5.69 Å². The fraction of sp³-hybridized carbons (Fsp3) is 0.435. The molecule has 144 valence electrons. The Kier molecular flexibility index (Phi) is 6.17. The van der Waals surface area contributed by atoms with Crippen LogP contribution in [0.2, 0.25) is 0 Å². The first-order chi connectivity index (χ1) is 13.0. The number of amides is 1. The van der Waals surface area contributed by atoms with Crippen molar-refractivity contribution in [3.05, 3.63) is 59.7 Å². The topological polar surface area (TPSA) is 47.6 Å². The molecule has 0 heterocycles. The highest BCUT2D eigenvalue weighted by molar-refractivity contribution is 5.97. The third-order valence-electron chi connectivity index (χ3n) is 5.43. The van der Waals surface area contributed by atoms with E-state index in [0.29, 0.717) is 12.5 Å². The van der Waals surface area contributed by atoms with Gasteiger partial charge in [-0.3, -0.25) is 4.79 Å². The van der Waals surface area contributed by atoms with Gasteiger partial charge in [0, 0.05) is 12.8 Å². The van der Waals surface area contributed by atoms with Gasteiger partial charge >= 0.3 is 0 Å². The maximum Gasteiger partial charge on any atom is 0.256 e. The van der Waals surface area contributed by atoms with Gasteiger partial charge in [-0.1, -0.05) is 43.7 Å². The molecule has 4 heteroatoms. The average Bonchev–Trinajstić information content (AvgIpc) is 2.68. The van der Waals surface area contributed by atoms with Crippen LogP contribution in [0.15, 0.2) is 48.5 Å². The van der Waals surface area contributed by atoms with E-state index in [2.05, 4.69) is 12.2 Å². The quantitative estimate of drug-likeness (QED) is 0.772. The van der Waals surface area contributed by atoms with E-state index in [0.717, 1.165) is 48.2 Å². The van der Waals surface area contributed by atoms with Crippen molar-refractivity contribution in [2.24, 2.45) is 5.92 Å². The van der Waals surface area contributed by atoms with E-state index in [1.165, 1.54) is 0 Å². The minimum absolute atomic E-state index is 0.0473. The van der Waals surface area contributed by atoms with Crippen LogP contribution >= 0.6 is 0 Å². The standard InChI is InChI=1S/C23H29NO3/c1-17-8-7-13-23(15-17,26-3)22(25)24-20-11-12-21(18(2)14-20)27-16-19-9-5-4-6-10-19/h4-6,9-12,14,17H,7-8,13,15-16H2,1-3H3,(H,24,25)/t17-,23+/m0/s1. The maximum absolute atomic E-state index is 12.9. The molecule has 0 radical (unpaired) electrons. The number of carbonyl (C=O) groups excluding carboxylic acids is 1. The lowest BCUT2D eigenvalue weighted by atomic mass is 9.78. The molecule has 1 fully saturated rings. The van der Waals surface area contributed by atoms with Gasteiger partial charge in [0.05, 0.1) is 0 Å². The van der Waals surface area contributed by atoms with Gasteiger partial charge in [0.1, 0.15) is 18.0 Å². The van der Waals surface area contributed by atoms with Crippen LogP contribution in [0.3, 0.4) is 0 Å². The van der Waals surface area contributed by atoms with Crippen molar-refractivity contribution in [2.75, 3.05) is 12.4 Å². The summed E-state index contributed by atoms with van der Waals surface area (Å²) in [7, 11) is 1.64. The van der Waals surface area contributed by atoms with Gasteiger partial charge in [0.15, 0.2) is 0 Å². The van der Waals surface area contributed by atoms with Crippen molar-refractivity contribution >= 4 is 11.6 Å². The average molecular weight is 367 g/mol. The summed E-state index contributed by atoms with van der Waals surface area (Å²) in [6, 6.07) is 15.8. The first-order valence-corrected chi connectivity index (χ1v) is 9.66. The predicted molar refractivity (Wildman–Crippen MR) is 108 cm³/mol. The van der Waals surface area contributed by atoms with Crippen LogP contribution in [-0.2, 0) is 16.1 Å².